The molecule has 1 aromatic rings. The summed E-state index contributed by atoms with van der Waals surface area (Å²) in [6.45, 7) is 5.50. The van der Waals surface area contributed by atoms with Gasteiger partial charge in [-0.15, -0.1) is 0 Å². The van der Waals surface area contributed by atoms with Crippen LogP contribution in [-0.2, 0) is 20.8 Å². The molecule has 134 valence electrons. The van der Waals surface area contributed by atoms with Crippen LogP contribution in [0.1, 0.15) is 37.7 Å². The fourth-order valence-electron chi connectivity index (χ4n) is 4.30. The highest BCUT2D eigenvalue weighted by Crippen LogP contribution is 2.32. The molecule has 1 aromatic heterocycles. The first-order valence-corrected chi connectivity index (χ1v) is 9.44. The Labute approximate surface area is 144 Å². The monoisotopic (exact) mass is 335 g/mol. The number of ether oxygens (including phenoxy) is 3. The summed E-state index contributed by atoms with van der Waals surface area (Å²) in [4.78, 5) is 2.55. The first-order chi connectivity index (χ1) is 11.9. The first-order valence-electron chi connectivity index (χ1n) is 9.44. The van der Waals surface area contributed by atoms with Crippen molar-refractivity contribution in [1.29, 1.82) is 0 Å². The fourth-order valence-corrected chi connectivity index (χ4v) is 4.30. The van der Waals surface area contributed by atoms with Crippen molar-refractivity contribution in [2.75, 3.05) is 33.0 Å². The lowest BCUT2D eigenvalue weighted by Crippen LogP contribution is -2.43. The summed E-state index contributed by atoms with van der Waals surface area (Å²) in [6, 6.07) is 2.62. The highest BCUT2D eigenvalue weighted by molar-refractivity contribution is 5.07. The smallest absolute Gasteiger partial charge is 0.0947 e. The van der Waals surface area contributed by atoms with Gasteiger partial charge in [0, 0.05) is 44.5 Å². The van der Waals surface area contributed by atoms with E-state index in [1.165, 1.54) is 12.0 Å². The molecule has 3 aliphatic rings. The number of likely N-dealkylation sites (tertiary alicyclic amines) is 1. The topological polar surface area (TPSA) is 44.1 Å². The lowest BCUT2D eigenvalue weighted by atomic mass is 9.99. The van der Waals surface area contributed by atoms with Crippen LogP contribution in [0.5, 0.6) is 0 Å². The molecule has 0 spiro atoms. The number of hydrogen-bond acceptors (Lipinski definition) is 5. The van der Waals surface area contributed by atoms with Crippen LogP contribution in [0.15, 0.2) is 23.0 Å². The maximum absolute atomic E-state index is 6.33. The van der Waals surface area contributed by atoms with Crippen LogP contribution in [0.25, 0.3) is 0 Å². The van der Waals surface area contributed by atoms with Crippen LogP contribution in [-0.4, -0.2) is 56.1 Å². The Kier molecular flexibility index (Phi) is 5.53. The largest absolute Gasteiger partial charge is 0.472 e. The van der Waals surface area contributed by atoms with Crippen molar-refractivity contribution in [2.24, 2.45) is 5.92 Å². The third-order valence-corrected chi connectivity index (χ3v) is 5.71. The summed E-state index contributed by atoms with van der Waals surface area (Å²) in [5.41, 5.74) is 1.26. The molecule has 4 heterocycles. The first kappa shape index (κ1) is 16.6. The lowest BCUT2D eigenvalue weighted by molar-refractivity contribution is -0.105. The fraction of sp³-hybridized carbons (Fsp3) is 0.789. The second kappa shape index (κ2) is 8.00. The van der Waals surface area contributed by atoms with Crippen molar-refractivity contribution in [3.05, 3.63) is 24.2 Å². The number of furan rings is 1. The predicted molar refractivity (Wildman–Crippen MR) is 89.8 cm³/mol. The van der Waals surface area contributed by atoms with Crippen molar-refractivity contribution in [1.82, 2.24) is 4.90 Å². The van der Waals surface area contributed by atoms with E-state index < -0.39 is 0 Å². The highest BCUT2D eigenvalue weighted by Gasteiger charge is 2.39. The molecular weight excluding hydrogens is 306 g/mol. The zero-order valence-electron chi connectivity index (χ0n) is 14.4. The molecule has 3 atom stereocenters. The summed E-state index contributed by atoms with van der Waals surface area (Å²) in [5, 5.41) is 0. The molecule has 4 rings (SSSR count). The van der Waals surface area contributed by atoms with Gasteiger partial charge in [-0.05, 0) is 44.1 Å². The third kappa shape index (κ3) is 4.02. The van der Waals surface area contributed by atoms with E-state index in [4.69, 9.17) is 18.6 Å². The number of nitrogens with zero attached hydrogens (tertiary/aromatic N) is 1. The van der Waals surface area contributed by atoms with Gasteiger partial charge < -0.3 is 18.6 Å². The molecule has 0 radical (unpaired) electrons. The van der Waals surface area contributed by atoms with Gasteiger partial charge in [0.15, 0.2) is 0 Å². The van der Waals surface area contributed by atoms with Crippen molar-refractivity contribution in [2.45, 2.75) is 56.9 Å². The molecule has 5 heteroatoms. The maximum Gasteiger partial charge on any atom is 0.0947 e. The van der Waals surface area contributed by atoms with Crippen LogP contribution in [0.3, 0.4) is 0 Å². The van der Waals surface area contributed by atoms with Gasteiger partial charge in [-0.25, -0.2) is 0 Å². The maximum atomic E-state index is 6.33. The van der Waals surface area contributed by atoms with E-state index >= 15 is 0 Å². The van der Waals surface area contributed by atoms with E-state index in [0.717, 1.165) is 65.2 Å². The number of fused-ring (bicyclic) bond motifs is 1. The van der Waals surface area contributed by atoms with Gasteiger partial charge in [0.2, 0.25) is 0 Å². The van der Waals surface area contributed by atoms with Crippen molar-refractivity contribution in [3.8, 4) is 0 Å². The zero-order chi connectivity index (χ0) is 16.2. The molecule has 5 nitrogen and oxygen atoms in total. The minimum Gasteiger partial charge on any atom is -0.472 e. The molecule has 0 aromatic carbocycles. The second-order valence-corrected chi connectivity index (χ2v) is 7.43. The Hall–Kier alpha value is -0.880. The molecule has 24 heavy (non-hydrogen) atoms. The van der Waals surface area contributed by atoms with Crippen molar-refractivity contribution < 1.29 is 18.6 Å². The molecule has 3 saturated heterocycles. The van der Waals surface area contributed by atoms with E-state index in [1.54, 1.807) is 6.26 Å². The third-order valence-electron chi connectivity index (χ3n) is 5.71. The average molecular weight is 335 g/mol. The SMILES string of the molecule is c1cc(CN2CC[C@H]3O[C@@H](COCC4CCOCC4)CC[C@H]32)co1. The Morgan fingerprint density at radius 1 is 1.08 bits per heavy atom. The number of hydrogen-bond donors (Lipinski definition) is 0. The zero-order valence-corrected chi connectivity index (χ0v) is 14.4. The summed E-state index contributed by atoms with van der Waals surface area (Å²) in [5.74, 6) is 0.673. The van der Waals surface area contributed by atoms with Gasteiger partial charge >= 0.3 is 0 Å². The molecule has 0 amide bonds. The van der Waals surface area contributed by atoms with Gasteiger partial charge in [0.1, 0.15) is 0 Å². The van der Waals surface area contributed by atoms with Gasteiger partial charge in [-0.2, -0.15) is 0 Å². The molecular formula is C19H29NO4. The average Bonchev–Trinajstić information content (AvgIpc) is 3.26. The van der Waals surface area contributed by atoms with E-state index in [1.807, 2.05) is 6.26 Å². The van der Waals surface area contributed by atoms with Crippen LogP contribution < -0.4 is 0 Å². The summed E-state index contributed by atoms with van der Waals surface area (Å²) < 4.78 is 22.9. The molecule has 0 bridgehead atoms. The van der Waals surface area contributed by atoms with Gasteiger partial charge in [0.25, 0.3) is 0 Å². The van der Waals surface area contributed by atoms with Gasteiger partial charge in [-0.3, -0.25) is 4.90 Å². The van der Waals surface area contributed by atoms with Crippen LogP contribution in [0.2, 0.25) is 0 Å². The minimum atomic E-state index is 0.278. The van der Waals surface area contributed by atoms with E-state index in [2.05, 4.69) is 11.0 Å². The Morgan fingerprint density at radius 3 is 2.83 bits per heavy atom. The second-order valence-electron chi connectivity index (χ2n) is 7.43. The molecule has 0 saturated carbocycles. The Morgan fingerprint density at radius 2 is 2.00 bits per heavy atom. The summed E-state index contributed by atoms with van der Waals surface area (Å²) in [7, 11) is 0. The van der Waals surface area contributed by atoms with Crippen molar-refractivity contribution in [3.63, 3.8) is 0 Å². The highest BCUT2D eigenvalue weighted by atomic mass is 16.5. The van der Waals surface area contributed by atoms with Gasteiger partial charge in [0.05, 0.1) is 31.3 Å². The molecule has 3 aliphatic heterocycles. The van der Waals surface area contributed by atoms with Crippen LogP contribution >= 0.6 is 0 Å². The molecule has 3 fully saturated rings. The standard InChI is InChI=1S/C19H29NO4/c1-2-18-19(3-7-20(18)11-16-6-10-22-13-16)24-17(1)14-23-12-15-4-8-21-9-5-15/h6,10,13,15,17-19H,1-5,7-9,11-12,14H2/t17-,18-,19-/m1/s1. The quantitative estimate of drug-likeness (QED) is 0.800. The molecule has 0 unspecified atom stereocenters. The van der Waals surface area contributed by atoms with E-state index in [-0.39, 0.29) is 6.10 Å². The molecule has 0 aliphatic carbocycles. The minimum absolute atomic E-state index is 0.278. The Bertz CT molecular complexity index is 486. The predicted octanol–water partition coefficient (Wildman–Crippen LogP) is 2.84. The number of rotatable bonds is 6. The van der Waals surface area contributed by atoms with Crippen LogP contribution in [0, 0.1) is 5.92 Å². The normalized spacial score (nSPS) is 32.1. The van der Waals surface area contributed by atoms with E-state index in [9.17, 15) is 0 Å². The Balaban J connectivity index is 1.19. The molecule has 0 N–H and O–H groups in total. The van der Waals surface area contributed by atoms with Crippen LogP contribution in [0.4, 0.5) is 0 Å². The van der Waals surface area contributed by atoms with Crippen molar-refractivity contribution >= 4 is 0 Å². The summed E-state index contributed by atoms with van der Waals surface area (Å²) >= 11 is 0. The lowest BCUT2D eigenvalue weighted by Gasteiger charge is -2.36. The summed E-state index contributed by atoms with van der Waals surface area (Å²) in [6.07, 6.45) is 10.0. The van der Waals surface area contributed by atoms with E-state index in [0.29, 0.717) is 18.1 Å². The van der Waals surface area contributed by atoms with Gasteiger partial charge in [-0.1, -0.05) is 0 Å².